The number of aromatic hydroxyl groups is 1. The summed E-state index contributed by atoms with van der Waals surface area (Å²) in [7, 11) is 0. The minimum absolute atomic E-state index is 0.00815. The van der Waals surface area contributed by atoms with Crippen LogP contribution in [0, 0.1) is 6.92 Å². The summed E-state index contributed by atoms with van der Waals surface area (Å²) in [5.41, 5.74) is 3.20. The van der Waals surface area contributed by atoms with Crippen molar-refractivity contribution in [3.8, 4) is 5.75 Å². The third kappa shape index (κ3) is 3.48. The second-order valence-electron chi connectivity index (χ2n) is 6.91. The number of amides is 3. The first kappa shape index (κ1) is 18.4. The van der Waals surface area contributed by atoms with Gasteiger partial charge in [-0.1, -0.05) is 30.3 Å². The van der Waals surface area contributed by atoms with Gasteiger partial charge in [0.2, 0.25) is 0 Å². The maximum Gasteiger partial charge on any atom is 0.261 e. The largest absolute Gasteiger partial charge is 0.506 e. The van der Waals surface area contributed by atoms with E-state index in [4.69, 9.17) is 0 Å². The monoisotopic (exact) mass is 386 g/mol. The van der Waals surface area contributed by atoms with Crippen molar-refractivity contribution in [3.63, 3.8) is 0 Å². The molecule has 3 aromatic rings. The summed E-state index contributed by atoms with van der Waals surface area (Å²) in [5, 5.41) is 12.6. The lowest BCUT2D eigenvalue weighted by Gasteiger charge is -2.14. The van der Waals surface area contributed by atoms with E-state index in [1.807, 2.05) is 6.92 Å². The molecule has 6 nitrogen and oxygen atoms in total. The van der Waals surface area contributed by atoms with Crippen LogP contribution in [0.25, 0.3) is 0 Å². The fourth-order valence-electron chi connectivity index (χ4n) is 3.27. The summed E-state index contributed by atoms with van der Waals surface area (Å²) in [6.45, 7) is 2.00. The van der Waals surface area contributed by atoms with Crippen LogP contribution in [-0.2, 0) is 6.54 Å². The number of anilines is 1. The van der Waals surface area contributed by atoms with Gasteiger partial charge in [0, 0.05) is 5.56 Å². The molecule has 1 heterocycles. The fourth-order valence-corrected chi connectivity index (χ4v) is 3.27. The number of carbonyl (C=O) groups is 3. The normalized spacial score (nSPS) is 12.8. The Kier molecular flexibility index (Phi) is 4.60. The van der Waals surface area contributed by atoms with Crippen molar-refractivity contribution in [1.29, 1.82) is 0 Å². The number of fused-ring (bicyclic) bond motifs is 1. The number of benzene rings is 3. The van der Waals surface area contributed by atoms with Crippen LogP contribution in [0.1, 0.15) is 42.2 Å². The molecule has 2 N–H and O–H groups in total. The van der Waals surface area contributed by atoms with Crippen molar-refractivity contribution in [2.45, 2.75) is 13.5 Å². The molecule has 4 rings (SSSR count). The van der Waals surface area contributed by atoms with E-state index in [-0.39, 0.29) is 30.0 Å². The van der Waals surface area contributed by atoms with E-state index in [1.165, 1.54) is 11.0 Å². The summed E-state index contributed by atoms with van der Waals surface area (Å²) in [5.74, 6) is -1.01. The highest BCUT2D eigenvalue weighted by Crippen LogP contribution is 2.26. The van der Waals surface area contributed by atoms with E-state index in [0.29, 0.717) is 22.4 Å². The second-order valence-corrected chi connectivity index (χ2v) is 6.91. The number of carbonyl (C=O) groups excluding carboxylic acids is 3. The van der Waals surface area contributed by atoms with Crippen molar-refractivity contribution in [2.24, 2.45) is 0 Å². The van der Waals surface area contributed by atoms with Gasteiger partial charge in [0.1, 0.15) is 5.75 Å². The van der Waals surface area contributed by atoms with Gasteiger partial charge in [0.15, 0.2) is 0 Å². The number of nitrogens with zero attached hydrogens (tertiary/aromatic N) is 1. The highest BCUT2D eigenvalue weighted by atomic mass is 16.3. The molecule has 6 heteroatoms. The molecule has 0 spiro atoms. The SMILES string of the molecule is Cc1ccc(O)c(NC(=O)c2ccc(CN3C(=O)c4ccccc4C3=O)cc2)c1. The number of rotatable bonds is 4. The van der Waals surface area contributed by atoms with E-state index < -0.39 is 0 Å². The topological polar surface area (TPSA) is 86.7 Å². The Morgan fingerprint density at radius 3 is 2.17 bits per heavy atom. The van der Waals surface area contributed by atoms with Crippen LogP contribution < -0.4 is 5.32 Å². The van der Waals surface area contributed by atoms with Crippen molar-refractivity contribution < 1.29 is 19.5 Å². The molecular weight excluding hydrogens is 368 g/mol. The van der Waals surface area contributed by atoms with E-state index in [1.54, 1.807) is 60.7 Å². The van der Waals surface area contributed by atoms with Gasteiger partial charge in [-0.25, -0.2) is 0 Å². The minimum Gasteiger partial charge on any atom is -0.506 e. The lowest BCUT2D eigenvalue weighted by Crippen LogP contribution is -2.29. The first-order valence-corrected chi connectivity index (χ1v) is 9.09. The lowest BCUT2D eigenvalue weighted by molar-refractivity contribution is 0.0642. The van der Waals surface area contributed by atoms with Gasteiger partial charge in [0.25, 0.3) is 17.7 Å². The third-order valence-corrected chi connectivity index (χ3v) is 4.84. The van der Waals surface area contributed by atoms with Crippen LogP contribution in [0.15, 0.2) is 66.7 Å². The summed E-state index contributed by atoms with van der Waals surface area (Å²) in [4.78, 5) is 38.6. The Labute approximate surface area is 167 Å². The van der Waals surface area contributed by atoms with Crippen LogP contribution >= 0.6 is 0 Å². The lowest BCUT2D eigenvalue weighted by atomic mass is 10.1. The molecule has 1 aliphatic heterocycles. The maximum atomic E-state index is 12.5. The van der Waals surface area contributed by atoms with Crippen molar-refractivity contribution in [2.75, 3.05) is 5.32 Å². The summed E-state index contributed by atoms with van der Waals surface area (Å²) in [6.07, 6.45) is 0. The van der Waals surface area contributed by atoms with E-state index in [9.17, 15) is 19.5 Å². The Morgan fingerprint density at radius 2 is 1.55 bits per heavy atom. The predicted molar refractivity (Wildman–Crippen MR) is 108 cm³/mol. The first-order chi connectivity index (χ1) is 13.9. The molecule has 0 aromatic heterocycles. The van der Waals surface area contributed by atoms with E-state index in [0.717, 1.165) is 11.1 Å². The minimum atomic E-state index is -0.363. The van der Waals surface area contributed by atoms with Gasteiger partial charge in [-0.2, -0.15) is 0 Å². The molecular formula is C23H18N2O4. The Balaban J connectivity index is 1.47. The smallest absolute Gasteiger partial charge is 0.261 e. The van der Waals surface area contributed by atoms with Crippen molar-refractivity contribution in [3.05, 3.63) is 94.5 Å². The second kappa shape index (κ2) is 7.24. The molecule has 0 unspecified atom stereocenters. The molecule has 0 saturated heterocycles. The fraction of sp³-hybridized carbons (Fsp3) is 0.0870. The Hall–Kier alpha value is -3.93. The Bertz CT molecular complexity index is 1100. The molecule has 3 amide bonds. The van der Waals surface area contributed by atoms with Gasteiger partial charge in [-0.3, -0.25) is 19.3 Å². The predicted octanol–water partition coefficient (Wildman–Crippen LogP) is 3.75. The average Bonchev–Trinajstić information content (AvgIpc) is 2.96. The summed E-state index contributed by atoms with van der Waals surface area (Å²) in [6, 6.07) is 18.3. The van der Waals surface area contributed by atoms with Crippen molar-refractivity contribution >= 4 is 23.4 Å². The van der Waals surface area contributed by atoms with Gasteiger partial charge < -0.3 is 10.4 Å². The average molecular weight is 386 g/mol. The van der Waals surface area contributed by atoms with Crippen LogP contribution in [0.2, 0.25) is 0 Å². The molecule has 0 aliphatic carbocycles. The van der Waals surface area contributed by atoms with Crippen LogP contribution in [0.4, 0.5) is 5.69 Å². The number of aryl methyl sites for hydroxylation is 1. The van der Waals surface area contributed by atoms with Crippen LogP contribution in [0.3, 0.4) is 0 Å². The van der Waals surface area contributed by atoms with Gasteiger partial charge in [0.05, 0.1) is 23.4 Å². The molecule has 144 valence electrons. The highest BCUT2D eigenvalue weighted by molar-refractivity contribution is 6.21. The quantitative estimate of drug-likeness (QED) is 0.528. The highest BCUT2D eigenvalue weighted by Gasteiger charge is 2.34. The number of phenols is 1. The number of phenolic OH excluding ortho intramolecular Hbond substituents is 1. The number of hydrogen-bond donors (Lipinski definition) is 2. The molecule has 0 bridgehead atoms. The molecule has 0 atom stereocenters. The molecule has 0 radical (unpaired) electrons. The molecule has 3 aromatic carbocycles. The van der Waals surface area contributed by atoms with E-state index >= 15 is 0 Å². The standard InChI is InChI=1S/C23H18N2O4/c1-14-6-11-20(26)19(12-14)24-21(27)16-9-7-15(8-10-16)13-25-22(28)17-4-2-3-5-18(17)23(25)29/h2-12,26H,13H2,1H3,(H,24,27). The first-order valence-electron chi connectivity index (χ1n) is 9.09. The van der Waals surface area contributed by atoms with Crippen LogP contribution in [-0.4, -0.2) is 27.7 Å². The summed E-state index contributed by atoms with van der Waals surface area (Å²) < 4.78 is 0. The number of imide groups is 1. The van der Waals surface area contributed by atoms with Crippen LogP contribution in [0.5, 0.6) is 5.75 Å². The third-order valence-electron chi connectivity index (χ3n) is 4.84. The van der Waals surface area contributed by atoms with Gasteiger partial charge in [-0.15, -0.1) is 0 Å². The van der Waals surface area contributed by atoms with E-state index in [2.05, 4.69) is 5.32 Å². The van der Waals surface area contributed by atoms with Gasteiger partial charge in [-0.05, 0) is 54.4 Å². The Morgan fingerprint density at radius 1 is 0.931 bits per heavy atom. The molecule has 1 aliphatic rings. The van der Waals surface area contributed by atoms with Gasteiger partial charge >= 0.3 is 0 Å². The summed E-state index contributed by atoms with van der Waals surface area (Å²) >= 11 is 0. The maximum absolute atomic E-state index is 12.5. The molecule has 0 fully saturated rings. The van der Waals surface area contributed by atoms with Crippen molar-refractivity contribution in [1.82, 2.24) is 4.90 Å². The zero-order valence-corrected chi connectivity index (χ0v) is 15.7. The number of hydrogen-bond acceptors (Lipinski definition) is 4. The molecule has 0 saturated carbocycles. The zero-order valence-electron chi connectivity index (χ0n) is 15.7. The molecule has 29 heavy (non-hydrogen) atoms. The number of nitrogens with one attached hydrogen (secondary N) is 1. The zero-order chi connectivity index (χ0) is 20.5.